The first-order valence-corrected chi connectivity index (χ1v) is 8.56. The Labute approximate surface area is 149 Å². The van der Waals surface area contributed by atoms with E-state index in [1.165, 1.54) is 0 Å². The van der Waals surface area contributed by atoms with Gasteiger partial charge in [-0.3, -0.25) is 14.7 Å². The molecule has 8 heteroatoms. The van der Waals surface area contributed by atoms with Crippen molar-refractivity contribution in [3.8, 4) is 0 Å². The molecule has 7 nitrogen and oxygen atoms in total. The number of carbonyl (C=O) groups excluding carboxylic acids is 2. The molecular formula is C17H18ClN5O2. The van der Waals surface area contributed by atoms with Crippen LogP contribution >= 0.6 is 11.6 Å². The first-order chi connectivity index (χ1) is 12.1. The number of halogens is 1. The Morgan fingerprint density at radius 3 is 3.04 bits per heavy atom. The van der Waals surface area contributed by atoms with Crippen molar-refractivity contribution in [3.63, 3.8) is 0 Å². The summed E-state index contributed by atoms with van der Waals surface area (Å²) in [4.78, 5) is 26.7. The number of hydrogen-bond donors (Lipinski definition) is 3. The molecule has 1 atom stereocenters. The van der Waals surface area contributed by atoms with Crippen molar-refractivity contribution >= 4 is 29.1 Å². The highest BCUT2D eigenvalue weighted by Crippen LogP contribution is 2.30. The molecule has 0 unspecified atom stereocenters. The number of benzene rings is 1. The second-order valence-electron chi connectivity index (χ2n) is 6.32. The third-order valence-electron chi connectivity index (χ3n) is 4.81. The highest BCUT2D eigenvalue weighted by molar-refractivity contribution is 6.30. The number of nitrogens with zero attached hydrogens (tertiary/aromatic N) is 2. The molecular weight excluding hydrogens is 342 g/mol. The molecule has 0 aliphatic carbocycles. The van der Waals surface area contributed by atoms with Crippen LogP contribution < -0.4 is 10.6 Å². The van der Waals surface area contributed by atoms with Gasteiger partial charge >= 0.3 is 0 Å². The van der Waals surface area contributed by atoms with Gasteiger partial charge in [-0.15, -0.1) is 0 Å². The van der Waals surface area contributed by atoms with Crippen LogP contribution in [0.15, 0.2) is 18.2 Å². The molecule has 0 fully saturated rings. The van der Waals surface area contributed by atoms with Gasteiger partial charge in [0.25, 0.3) is 5.91 Å². The van der Waals surface area contributed by atoms with Gasteiger partial charge in [-0.25, -0.2) is 0 Å². The Kier molecular flexibility index (Phi) is 3.88. The van der Waals surface area contributed by atoms with Crippen LogP contribution in [-0.4, -0.2) is 46.5 Å². The van der Waals surface area contributed by atoms with E-state index in [0.717, 1.165) is 22.5 Å². The molecule has 0 saturated carbocycles. The summed E-state index contributed by atoms with van der Waals surface area (Å²) in [5, 5.41) is 13.5. The minimum atomic E-state index is -0.301. The number of carbonyl (C=O) groups is 2. The zero-order chi connectivity index (χ0) is 17.6. The van der Waals surface area contributed by atoms with Gasteiger partial charge in [0.15, 0.2) is 5.69 Å². The monoisotopic (exact) mass is 359 g/mol. The molecule has 25 heavy (non-hydrogen) atoms. The van der Waals surface area contributed by atoms with Crippen LogP contribution in [0.4, 0.5) is 5.69 Å². The van der Waals surface area contributed by atoms with Gasteiger partial charge in [-0.1, -0.05) is 11.6 Å². The lowest BCUT2D eigenvalue weighted by molar-refractivity contribution is -0.132. The van der Waals surface area contributed by atoms with Crippen LogP contribution in [0.5, 0.6) is 0 Å². The topological polar surface area (TPSA) is 90.1 Å². The van der Waals surface area contributed by atoms with Gasteiger partial charge < -0.3 is 15.5 Å². The molecule has 1 aromatic carbocycles. The molecule has 4 rings (SSSR count). The van der Waals surface area contributed by atoms with Gasteiger partial charge in [-0.2, -0.15) is 5.10 Å². The lowest BCUT2D eigenvalue weighted by atomic mass is 10.0. The van der Waals surface area contributed by atoms with Crippen molar-refractivity contribution in [1.29, 1.82) is 0 Å². The fourth-order valence-electron chi connectivity index (χ4n) is 3.49. The molecule has 0 spiro atoms. The lowest BCUT2D eigenvalue weighted by Crippen LogP contribution is -2.44. The number of aromatic nitrogens is 2. The van der Waals surface area contributed by atoms with E-state index in [2.05, 4.69) is 20.8 Å². The number of aromatic amines is 1. The SMILES string of the molecule is CNC(=O)c1n[nH]c2c1CN(C(=O)[C@H]1Cc3cc(Cl)ccc3N1)CC2. The second-order valence-corrected chi connectivity index (χ2v) is 6.76. The minimum absolute atomic E-state index is 0.0297. The normalized spacial score (nSPS) is 18.3. The fourth-order valence-corrected chi connectivity index (χ4v) is 3.68. The first kappa shape index (κ1) is 16.0. The van der Waals surface area contributed by atoms with E-state index in [-0.39, 0.29) is 17.9 Å². The number of hydrogen-bond acceptors (Lipinski definition) is 4. The zero-order valence-electron chi connectivity index (χ0n) is 13.7. The van der Waals surface area contributed by atoms with Crippen LogP contribution in [0.25, 0.3) is 0 Å². The molecule has 0 saturated heterocycles. The largest absolute Gasteiger partial charge is 0.373 e. The van der Waals surface area contributed by atoms with E-state index >= 15 is 0 Å². The quantitative estimate of drug-likeness (QED) is 0.755. The summed E-state index contributed by atoms with van der Waals surface area (Å²) >= 11 is 6.03. The van der Waals surface area contributed by atoms with Crippen molar-refractivity contribution in [1.82, 2.24) is 20.4 Å². The molecule has 2 aliphatic heterocycles. The van der Waals surface area contributed by atoms with Gasteiger partial charge in [0.1, 0.15) is 6.04 Å². The minimum Gasteiger partial charge on any atom is -0.373 e. The highest BCUT2D eigenvalue weighted by Gasteiger charge is 2.33. The summed E-state index contributed by atoms with van der Waals surface area (Å²) in [5.74, 6) is -0.213. The van der Waals surface area contributed by atoms with E-state index in [1.807, 2.05) is 18.2 Å². The van der Waals surface area contributed by atoms with Gasteiger partial charge in [0.2, 0.25) is 5.91 Å². The van der Waals surface area contributed by atoms with Crippen molar-refractivity contribution in [2.75, 3.05) is 18.9 Å². The van der Waals surface area contributed by atoms with Crippen LogP contribution in [-0.2, 0) is 24.2 Å². The number of H-pyrrole nitrogens is 1. The van der Waals surface area contributed by atoms with E-state index < -0.39 is 0 Å². The average Bonchev–Trinajstić information content (AvgIpc) is 3.23. The van der Waals surface area contributed by atoms with Crippen LogP contribution in [0.3, 0.4) is 0 Å². The lowest BCUT2D eigenvalue weighted by Gasteiger charge is -2.29. The summed E-state index contributed by atoms with van der Waals surface area (Å²) in [6.07, 6.45) is 1.28. The first-order valence-electron chi connectivity index (χ1n) is 8.18. The van der Waals surface area contributed by atoms with E-state index in [4.69, 9.17) is 11.6 Å². The summed E-state index contributed by atoms with van der Waals surface area (Å²) in [5.41, 5.74) is 4.10. The van der Waals surface area contributed by atoms with E-state index in [9.17, 15) is 9.59 Å². The fraction of sp³-hybridized carbons (Fsp3) is 0.353. The van der Waals surface area contributed by atoms with Crippen molar-refractivity contribution < 1.29 is 9.59 Å². The van der Waals surface area contributed by atoms with E-state index in [1.54, 1.807) is 11.9 Å². The molecule has 0 radical (unpaired) electrons. The summed E-state index contributed by atoms with van der Waals surface area (Å²) in [6, 6.07) is 5.31. The molecule has 3 N–H and O–H groups in total. The Morgan fingerprint density at radius 2 is 2.24 bits per heavy atom. The van der Waals surface area contributed by atoms with Gasteiger partial charge in [0.05, 0.1) is 0 Å². The van der Waals surface area contributed by atoms with Crippen molar-refractivity contribution in [2.45, 2.75) is 25.4 Å². The predicted octanol–water partition coefficient (Wildman–Crippen LogP) is 1.34. The van der Waals surface area contributed by atoms with Gasteiger partial charge in [0, 0.05) is 54.9 Å². The standard InChI is InChI=1S/C17H18ClN5O2/c1-19-16(24)15-11-8-23(5-4-13(11)21-22-15)17(25)14-7-9-6-10(18)2-3-12(9)20-14/h2-3,6,14,20H,4-5,7-8H2,1H3,(H,19,24)(H,21,22)/t14-/m1/s1. The summed E-state index contributed by atoms with van der Waals surface area (Å²) < 4.78 is 0. The molecule has 0 bridgehead atoms. The molecule has 2 amide bonds. The Morgan fingerprint density at radius 1 is 1.40 bits per heavy atom. The third kappa shape index (κ3) is 2.74. The number of amides is 2. The summed E-state index contributed by atoms with van der Waals surface area (Å²) in [7, 11) is 1.57. The molecule has 2 aliphatic rings. The van der Waals surface area contributed by atoms with Crippen LogP contribution in [0, 0.1) is 0 Å². The maximum absolute atomic E-state index is 12.9. The van der Waals surface area contributed by atoms with E-state index in [0.29, 0.717) is 36.6 Å². The molecule has 3 heterocycles. The smallest absolute Gasteiger partial charge is 0.271 e. The van der Waals surface area contributed by atoms with Crippen molar-refractivity contribution in [2.24, 2.45) is 0 Å². The van der Waals surface area contributed by atoms with Crippen molar-refractivity contribution in [3.05, 3.63) is 45.7 Å². The Hall–Kier alpha value is -2.54. The summed E-state index contributed by atoms with van der Waals surface area (Å²) in [6.45, 7) is 0.999. The third-order valence-corrected chi connectivity index (χ3v) is 5.04. The zero-order valence-corrected chi connectivity index (χ0v) is 14.5. The number of nitrogens with one attached hydrogen (secondary N) is 3. The maximum Gasteiger partial charge on any atom is 0.271 e. The maximum atomic E-state index is 12.9. The predicted molar refractivity (Wildman–Crippen MR) is 93.7 cm³/mol. The highest BCUT2D eigenvalue weighted by atomic mass is 35.5. The Bertz CT molecular complexity index is 863. The molecule has 2 aromatic rings. The number of anilines is 1. The number of rotatable bonds is 2. The van der Waals surface area contributed by atoms with Crippen LogP contribution in [0.1, 0.15) is 27.3 Å². The second kappa shape index (κ2) is 6.07. The number of fused-ring (bicyclic) bond motifs is 2. The Balaban J connectivity index is 1.52. The van der Waals surface area contributed by atoms with Crippen LogP contribution in [0.2, 0.25) is 5.02 Å². The van der Waals surface area contributed by atoms with Gasteiger partial charge in [-0.05, 0) is 23.8 Å². The molecule has 130 valence electrons. The molecule has 1 aromatic heterocycles. The average molecular weight is 360 g/mol.